The minimum Gasteiger partial charge on any atom is -0.489 e. The van der Waals surface area contributed by atoms with E-state index >= 15 is 0 Å². The highest BCUT2D eigenvalue weighted by atomic mass is 32.1. The number of carbonyl (C=O) groups excluding carboxylic acids is 1. The molecule has 1 aliphatic heterocycles. The maximum atomic E-state index is 11.6. The number of carbonyl (C=O) groups is 1. The first-order valence-electron chi connectivity index (χ1n) is 8.54. The number of aliphatic hydroxyl groups excluding tert-OH is 1. The second kappa shape index (κ2) is 9.81. The van der Waals surface area contributed by atoms with E-state index in [4.69, 9.17) is 10.5 Å². The summed E-state index contributed by atoms with van der Waals surface area (Å²) in [5.41, 5.74) is 7.09. The Kier molecular flexibility index (Phi) is 7.47. The maximum absolute atomic E-state index is 11.6. The second-order valence-corrected chi connectivity index (χ2v) is 6.01. The SMILES string of the molecule is C=CCCNc1nc(Nc2ccc3c(c2)NC[C@H](O)CO3)ncc1C(N)=O.S. The van der Waals surface area contributed by atoms with E-state index in [0.29, 0.717) is 37.0 Å². The minimum absolute atomic E-state index is 0. The molecule has 1 aliphatic rings. The first-order chi connectivity index (χ1) is 13.1. The molecular formula is C18H24N6O3S. The van der Waals surface area contributed by atoms with Crippen LogP contribution in [0, 0.1) is 0 Å². The van der Waals surface area contributed by atoms with Crippen LogP contribution >= 0.6 is 13.5 Å². The van der Waals surface area contributed by atoms with Crippen LogP contribution in [0.3, 0.4) is 0 Å². The number of aromatic nitrogens is 2. The van der Waals surface area contributed by atoms with Gasteiger partial charge in [0.1, 0.15) is 24.3 Å². The summed E-state index contributed by atoms with van der Waals surface area (Å²) in [4.78, 5) is 20.1. The molecule has 2 aromatic rings. The third-order valence-corrected chi connectivity index (χ3v) is 3.89. The van der Waals surface area contributed by atoms with E-state index in [-0.39, 0.29) is 25.7 Å². The Bertz CT molecular complexity index is 848. The molecule has 0 fully saturated rings. The number of nitrogens with one attached hydrogen (secondary N) is 3. The fourth-order valence-corrected chi connectivity index (χ4v) is 2.52. The number of hydrogen-bond donors (Lipinski definition) is 5. The van der Waals surface area contributed by atoms with E-state index in [0.717, 1.165) is 11.4 Å². The van der Waals surface area contributed by atoms with E-state index in [1.807, 2.05) is 12.1 Å². The summed E-state index contributed by atoms with van der Waals surface area (Å²) in [5.74, 6) is 0.735. The van der Waals surface area contributed by atoms with Crippen molar-refractivity contribution in [1.29, 1.82) is 0 Å². The van der Waals surface area contributed by atoms with Gasteiger partial charge in [0.25, 0.3) is 5.91 Å². The standard InChI is InChI=1S/C18H22N6O3.H2S/c1-2-3-6-20-17-13(16(19)26)9-22-18(24-17)23-11-4-5-15-14(7-11)21-8-12(25)10-27-15;/h2,4-5,7,9,12,21,25H,1,3,6,8,10H2,(H2,19,26)(H2,20,22,23,24);1H2/t12-;/m0./s1. The molecule has 0 unspecified atom stereocenters. The molecule has 0 aliphatic carbocycles. The largest absolute Gasteiger partial charge is 0.489 e. The fraction of sp³-hybridized carbons (Fsp3) is 0.278. The van der Waals surface area contributed by atoms with Crippen LogP contribution in [-0.2, 0) is 0 Å². The molecule has 1 amide bonds. The van der Waals surface area contributed by atoms with Crippen molar-refractivity contribution in [1.82, 2.24) is 9.97 Å². The normalized spacial score (nSPS) is 15.0. The van der Waals surface area contributed by atoms with Crippen molar-refractivity contribution >= 4 is 42.5 Å². The number of aliphatic hydroxyl groups is 1. The molecule has 1 atom stereocenters. The van der Waals surface area contributed by atoms with Gasteiger partial charge in [-0.2, -0.15) is 18.5 Å². The Balaban J connectivity index is 0.00000280. The third kappa shape index (κ3) is 5.27. The fourth-order valence-electron chi connectivity index (χ4n) is 2.52. The van der Waals surface area contributed by atoms with Crippen LogP contribution in [-0.4, -0.2) is 46.8 Å². The highest BCUT2D eigenvalue weighted by molar-refractivity contribution is 7.59. The van der Waals surface area contributed by atoms with Gasteiger partial charge in [-0.15, -0.1) is 6.58 Å². The van der Waals surface area contributed by atoms with E-state index < -0.39 is 12.0 Å². The van der Waals surface area contributed by atoms with Gasteiger partial charge in [-0.05, 0) is 24.6 Å². The predicted molar refractivity (Wildman–Crippen MR) is 114 cm³/mol. The van der Waals surface area contributed by atoms with Crippen LogP contribution in [0.5, 0.6) is 5.75 Å². The van der Waals surface area contributed by atoms with Gasteiger partial charge in [0, 0.05) is 25.0 Å². The summed E-state index contributed by atoms with van der Waals surface area (Å²) < 4.78 is 5.54. The molecule has 6 N–H and O–H groups in total. The van der Waals surface area contributed by atoms with Gasteiger partial charge in [-0.3, -0.25) is 4.79 Å². The molecular weight excluding hydrogens is 380 g/mol. The zero-order chi connectivity index (χ0) is 19.2. The number of amides is 1. The lowest BCUT2D eigenvalue weighted by Crippen LogP contribution is -2.23. The van der Waals surface area contributed by atoms with Gasteiger partial charge in [-0.25, -0.2) is 4.98 Å². The molecule has 10 heteroatoms. The van der Waals surface area contributed by atoms with E-state index in [2.05, 4.69) is 32.5 Å². The van der Waals surface area contributed by atoms with E-state index in [1.54, 1.807) is 12.1 Å². The molecule has 28 heavy (non-hydrogen) atoms. The van der Waals surface area contributed by atoms with Crippen molar-refractivity contribution < 1.29 is 14.6 Å². The monoisotopic (exact) mass is 404 g/mol. The molecule has 0 saturated heterocycles. The predicted octanol–water partition coefficient (Wildman–Crippen LogP) is 1.59. The number of anilines is 4. The number of hydrogen-bond acceptors (Lipinski definition) is 8. The van der Waals surface area contributed by atoms with Crippen LogP contribution in [0.1, 0.15) is 16.8 Å². The number of rotatable bonds is 7. The van der Waals surface area contributed by atoms with Crippen molar-refractivity contribution in [3.05, 3.63) is 42.6 Å². The zero-order valence-electron chi connectivity index (χ0n) is 15.2. The van der Waals surface area contributed by atoms with Gasteiger partial charge in [-0.1, -0.05) is 6.08 Å². The van der Waals surface area contributed by atoms with Gasteiger partial charge in [0.15, 0.2) is 0 Å². The Labute approximate surface area is 169 Å². The number of nitrogens with zero attached hydrogens (tertiary/aromatic N) is 2. The van der Waals surface area contributed by atoms with Crippen LogP contribution in [0.4, 0.5) is 23.1 Å². The highest BCUT2D eigenvalue weighted by Gasteiger charge is 2.16. The van der Waals surface area contributed by atoms with Crippen LogP contribution in [0.15, 0.2) is 37.1 Å². The van der Waals surface area contributed by atoms with Crippen molar-refractivity contribution in [3.63, 3.8) is 0 Å². The van der Waals surface area contributed by atoms with Crippen molar-refractivity contribution in [2.45, 2.75) is 12.5 Å². The van der Waals surface area contributed by atoms with Gasteiger partial charge < -0.3 is 31.5 Å². The minimum atomic E-state index is -0.604. The topological polar surface area (TPSA) is 134 Å². The first-order valence-corrected chi connectivity index (χ1v) is 8.54. The molecule has 1 aromatic carbocycles. The van der Waals surface area contributed by atoms with Gasteiger partial charge in [0.2, 0.25) is 5.95 Å². The van der Waals surface area contributed by atoms with Crippen LogP contribution in [0.2, 0.25) is 0 Å². The van der Waals surface area contributed by atoms with Crippen molar-refractivity contribution in [2.24, 2.45) is 5.73 Å². The number of nitrogens with two attached hydrogens (primary N) is 1. The van der Waals surface area contributed by atoms with Gasteiger partial charge >= 0.3 is 0 Å². The molecule has 3 rings (SSSR count). The number of β-amino-alcohol motifs (C(OH)–C–C–N with tert-alkyl or cyclic N) is 1. The molecule has 0 spiro atoms. The van der Waals surface area contributed by atoms with E-state index in [1.165, 1.54) is 6.20 Å². The summed E-state index contributed by atoms with van der Waals surface area (Å²) in [6, 6.07) is 5.45. The Morgan fingerprint density at radius 2 is 2.32 bits per heavy atom. The lowest BCUT2D eigenvalue weighted by molar-refractivity contribution is 0.100. The molecule has 0 radical (unpaired) electrons. The number of fused-ring (bicyclic) bond motifs is 1. The quantitative estimate of drug-likeness (QED) is 0.347. The highest BCUT2D eigenvalue weighted by Crippen LogP contribution is 2.30. The average molecular weight is 404 g/mol. The summed E-state index contributed by atoms with van der Waals surface area (Å²) in [6.45, 7) is 4.87. The first kappa shape index (κ1) is 21.3. The molecule has 150 valence electrons. The Hall–Kier alpha value is -2.98. The Morgan fingerprint density at radius 3 is 3.07 bits per heavy atom. The van der Waals surface area contributed by atoms with Crippen molar-refractivity contribution in [3.8, 4) is 5.75 Å². The van der Waals surface area contributed by atoms with Crippen LogP contribution < -0.4 is 26.4 Å². The second-order valence-electron chi connectivity index (χ2n) is 6.01. The van der Waals surface area contributed by atoms with Crippen molar-refractivity contribution in [2.75, 3.05) is 35.6 Å². The number of benzene rings is 1. The zero-order valence-corrected chi connectivity index (χ0v) is 16.2. The molecule has 0 bridgehead atoms. The lowest BCUT2D eigenvalue weighted by atomic mass is 10.2. The summed E-state index contributed by atoms with van der Waals surface area (Å²) in [7, 11) is 0. The molecule has 9 nitrogen and oxygen atoms in total. The molecule has 2 heterocycles. The Morgan fingerprint density at radius 1 is 1.50 bits per heavy atom. The van der Waals surface area contributed by atoms with E-state index in [9.17, 15) is 9.90 Å². The summed E-state index contributed by atoms with van der Waals surface area (Å²) >= 11 is 0. The average Bonchev–Trinajstić information content (AvgIpc) is 2.83. The summed E-state index contributed by atoms with van der Waals surface area (Å²) in [5, 5.41) is 19.0. The van der Waals surface area contributed by atoms with Gasteiger partial charge in [0.05, 0.1) is 11.3 Å². The number of ether oxygens (including phenoxy) is 1. The number of primary amides is 1. The smallest absolute Gasteiger partial charge is 0.254 e. The molecule has 0 saturated carbocycles. The third-order valence-electron chi connectivity index (χ3n) is 3.89. The maximum Gasteiger partial charge on any atom is 0.254 e. The molecule has 1 aromatic heterocycles. The lowest BCUT2D eigenvalue weighted by Gasteiger charge is -2.13. The summed E-state index contributed by atoms with van der Waals surface area (Å²) in [6.07, 6.45) is 3.30. The van der Waals surface area contributed by atoms with Crippen LogP contribution in [0.25, 0.3) is 0 Å².